The minimum Gasteiger partial charge on any atom is -0.385 e. The van der Waals surface area contributed by atoms with Crippen LogP contribution in [0.15, 0.2) is 24.3 Å². The van der Waals surface area contributed by atoms with Crippen LogP contribution >= 0.6 is 0 Å². The van der Waals surface area contributed by atoms with Crippen LogP contribution in [-0.4, -0.2) is 17.0 Å². The molecule has 172 valence electrons. The summed E-state index contributed by atoms with van der Waals surface area (Å²) in [5.41, 5.74) is 2.15. The molecule has 0 bridgehead atoms. The number of Topliss-reactive ketones (excluding diaryl/α,β-unsaturated/α-hetero) is 1. The monoisotopic (exact) mass is 424 g/mol. The fourth-order valence-electron chi connectivity index (χ4n) is 10.4. The molecule has 0 spiro atoms. The van der Waals surface area contributed by atoms with Gasteiger partial charge in [-0.05, 0) is 96.4 Å². The lowest BCUT2D eigenvalue weighted by molar-refractivity contribution is -0.254. The Morgan fingerprint density at radius 1 is 0.903 bits per heavy atom. The van der Waals surface area contributed by atoms with Gasteiger partial charge in [0, 0.05) is 11.3 Å². The third-order valence-electron chi connectivity index (χ3n) is 12.7. The van der Waals surface area contributed by atoms with Crippen LogP contribution in [0.2, 0.25) is 0 Å². The molecule has 0 aliphatic heterocycles. The number of carbonyl (C=O) groups is 1. The van der Waals surface area contributed by atoms with E-state index in [9.17, 15) is 9.90 Å². The molecule has 2 heteroatoms. The molecule has 31 heavy (non-hydrogen) atoms. The number of allylic oxidation sites excluding steroid dienone is 3. The molecule has 1 N–H and O–H groups in total. The van der Waals surface area contributed by atoms with Crippen molar-refractivity contribution in [3.63, 3.8) is 0 Å². The number of hydrogen-bond donors (Lipinski definition) is 1. The summed E-state index contributed by atoms with van der Waals surface area (Å²) in [5, 5.41) is 11.1. The van der Waals surface area contributed by atoms with E-state index < -0.39 is 6.10 Å². The Hall–Kier alpha value is -0.890. The third-order valence-corrected chi connectivity index (χ3v) is 12.7. The van der Waals surface area contributed by atoms with Crippen molar-refractivity contribution >= 4 is 5.78 Å². The Labute approximate surface area is 190 Å². The summed E-state index contributed by atoms with van der Waals surface area (Å²) in [6, 6.07) is 0. The molecule has 0 amide bonds. The van der Waals surface area contributed by atoms with E-state index in [-0.39, 0.29) is 33.4 Å². The molecular formula is C29H44O2. The van der Waals surface area contributed by atoms with Crippen LogP contribution in [0, 0.1) is 50.7 Å². The SMILES string of the molecule is C=C1C=CC[C@@H]2[C@]3(C)CC[C@@]4(C)[C@@H]5C[C@@H](C)C(=O)[C@@H](O)[C@]5(C)CC[C@]4(C)[C@@H]3CC[C@]12C. The highest BCUT2D eigenvalue weighted by atomic mass is 16.3. The third kappa shape index (κ3) is 2.42. The van der Waals surface area contributed by atoms with Crippen molar-refractivity contribution in [3.8, 4) is 0 Å². The average molecular weight is 425 g/mol. The standard InChI is InChI=1S/C29H44O2/c1-18-17-22-27(5,24(31)23(18)30)14-16-28(6)21-11-12-25(3)19(2)9-8-10-20(25)26(21,4)13-15-29(22,28)7/h8-9,18,20-22,24,31H,2,10-17H2,1,3-7H3/t18-,20+,21-,22-,24-,25-,26+,27-,28-,29+/m1/s1. The van der Waals surface area contributed by atoms with E-state index in [4.69, 9.17) is 0 Å². The lowest BCUT2D eigenvalue weighted by atomic mass is 9.30. The fraction of sp³-hybridized carbons (Fsp3) is 0.828. The van der Waals surface area contributed by atoms with Crippen LogP contribution in [0.5, 0.6) is 0 Å². The smallest absolute Gasteiger partial charge is 0.164 e. The summed E-state index contributed by atoms with van der Waals surface area (Å²) in [4.78, 5) is 12.8. The predicted molar refractivity (Wildman–Crippen MR) is 126 cm³/mol. The zero-order chi connectivity index (χ0) is 22.6. The summed E-state index contributed by atoms with van der Waals surface area (Å²) in [7, 11) is 0. The van der Waals surface area contributed by atoms with Crippen LogP contribution in [0.4, 0.5) is 0 Å². The number of rotatable bonds is 0. The van der Waals surface area contributed by atoms with E-state index in [1.165, 1.54) is 37.7 Å². The molecule has 0 saturated heterocycles. The highest BCUT2D eigenvalue weighted by Crippen LogP contribution is 2.77. The Balaban J connectivity index is 1.57. The van der Waals surface area contributed by atoms with Crippen LogP contribution in [0.25, 0.3) is 0 Å². The number of fused-ring (bicyclic) bond motifs is 7. The van der Waals surface area contributed by atoms with Gasteiger partial charge in [-0.15, -0.1) is 0 Å². The molecule has 0 unspecified atom stereocenters. The van der Waals surface area contributed by atoms with E-state index in [0.29, 0.717) is 23.2 Å². The molecule has 5 aliphatic rings. The van der Waals surface area contributed by atoms with Gasteiger partial charge in [0.05, 0.1) is 0 Å². The van der Waals surface area contributed by atoms with Crippen LogP contribution in [-0.2, 0) is 4.79 Å². The van der Waals surface area contributed by atoms with E-state index in [1.807, 2.05) is 0 Å². The summed E-state index contributed by atoms with van der Waals surface area (Å²) in [6.45, 7) is 19.1. The normalized spacial score (nSPS) is 58.7. The van der Waals surface area contributed by atoms with Crippen molar-refractivity contribution in [2.75, 3.05) is 0 Å². The van der Waals surface area contributed by atoms with Crippen molar-refractivity contribution in [1.29, 1.82) is 0 Å². The maximum atomic E-state index is 12.8. The first-order chi connectivity index (χ1) is 14.3. The average Bonchev–Trinajstić information content (AvgIpc) is 2.72. The molecule has 5 rings (SSSR count). The largest absolute Gasteiger partial charge is 0.385 e. The second kappa shape index (κ2) is 6.37. The zero-order valence-corrected chi connectivity index (χ0v) is 20.8. The van der Waals surface area contributed by atoms with Gasteiger partial charge in [-0.3, -0.25) is 4.79 Å². The summed E-state index contributed by atoms with van der Waals surface area (Å²) >= 11 is 0. The van der Waals surface area contributed by atoms with Crippen molar-refractivity contribution in [1.82, 2.24) is 0 Å². The van der Waals surface area contributed by atoms with Crippen LogP contribution in [0.1, 0.15) is 92.9 Å². The highest BCUT2D eigenvalue weighted by molar-refractivity contribution is 5.86. The molecule has 2 nitrogen and oxygen atoms in total. The van der Waals surface area contributed by atoms with Gasteiger partial charge in [-0.25, -0.2) is 0 Å². The van der Waals surface area contributed by atoms with Gasteiger partial charge in [0.25, 0.3) is 0 Å². The summed E-state index contributed by atoms with van der Waals surface area (Å²) in [6.07, 6.45) is 13.3. The van der Waals surface area contributed by atoms with E-state index in [2.05, 4.69) is 60.3 Å². The highest BCUT2D eigenvalue weighted by Gasteiger charge is 2.71. The zero-order valence-electron chi connectivity index (χ0n) is 20.8. The molecule has 5 aliphatic carbocycles. The Morgan fingerprint density at radius 3 is 2.19 bits per heavy atom. The van der Waals surface area contributed by atoms with Gasteiger partial charge in [0.1, 0.15) is 6.10 Å². The lowest BCUT2D eigenvalue weighted by Crippen LogP contribution is -2.69. The molecular weight excluding hydrogens is 380 g/mol. The van der Waals surface area contributed by atoms with Crippen molar-refractivity contribution in [2.45, 2.75) is 99.0 Å². The van der Waals surface area contributed by atoms with E-state index in [1.54, 1.807) is 0 Å². The minimum absolute atomic E-state index is 0.0120. The Bertz CT molecular complexity index is 857. The summed E-state index contributed by atoms with van der Waals surface area (Å²) < 4.78 is 0. The lowest BCUT2D eigenvalue weighted by Gasteiger charge is -2.74. The number of ketones is 1. The molecule has 0 aromatic carbocycles. The van der Waals surface area contributed by atoms with Crippen molar-refractivity contribution in [3.05, 3.63) is 24.3 Å². The second-order valence-electron chi connectivity index (χ2n) is 13.6. The second-order valence-corrected chi connectivity index (χ2v) is 13.6. The van der Waals surface area contributed by atoms with Crippen LogP contribution < -0.4 is 0 Å². The van der Waals surface area contributed by atoms with Gasteiger partial charge in [0.2, 0.25) is 0 Å². The maximum Gasteiger partial charge on any atom is 0.164 e. The van der Waals surface area contributed by atoms with E-state index >= 15 is 0 Å². The number of carbonyl (C=O) groups excluding carboxylic acids is 1. The first-order valence-electron chi connectivity index (χ1n) is 12.9. The fourth-order valence-corrected chi connectivity index (χ4v) is 10.4. The molecule has 4 saturated carbocycles. The number of aliphatic hydroxyl groups is 1. The first-order valence-corrected chi connectivity index (χ1v) is 12.9. The van der Waals surface area contributed by atoms with Gasteiger partial charge < -0.3 is 5.11 Å². The Morgan fingerprint density at radius 2 is 1.52 bits per heavy atom. The molecule has 4 fully saturated rings. The van der Waals surface area contributed by atoms with Crippen LogP contribution in [0.3, 0.4) is 0 Å². The minimum atomic E-state index is -0.780. The van der Waals surface area contributed by atoms with Gasteiger partial charge in [-0.1, -0.05) is 60.3 Å². The number of hydrogen-bond acceptors (Lipinski definition) is 2. The maximum absolute atomic E-state index is 12.8. The first kappa shape index (κ1) is 21.9. The molecule has 0 aromatic heterocycles. The topological polar surface area (TPSA) is 37.3 Å². The van der Waals surface area contributed by atoms with Crippen molar-refractivity contribution < 1.29 is 9.90 Å². The Kier molecular flexibility index (Phi) is 4.50. The van der Waals surface area contributed by atoms with E-state index in [0.717, 1.165) is 19.3 Å². The molecule has 0 heterocycles. The predicted octanol–water partition coefficient (Wildman–Crippen LogP) is 6.73. The quantitative estimate of drug-likeness (QED) is 0.468. The van der Waals surface area contributed by atoms with Gasteiger partial charge in [-0.2, -0.15) is 0 Å². The van der Waals surface area contributed by atoms with Gasteiger partial charge >= 0.3 is 0 Å². The van der Waals surface area contributed by atoms with Crippen molar-refractivity contribution in [2.24, 2.45) is 50.7 Å². The summed E-state index contributed by atoms with van der Waals surface area (Å²) in [5.74, 6) is 1.91. The molecule has 0 radical (unpaired) electrons. The molecule has 0 aromatic rings. The molecule has 10 atom stereocenters. The number of aliphatic hydroxyl groups excluding tert-OH is 1. The van der Waals surface area contributed by atoms with Gasteiger partial charge in [0.15, 0.2) is 5.78 Å².